The Morgan fingerprint density at radius 1 is 1.55 bits per heavy atom. The van der Waals surface area contributed by atoms with Gasteiger partial charge in [0.1, 0.15) is 0 Å². The van der Waals surface area contributed by atoms with Crippen molar-refractivity contribution < 1.29 is 18.3 Å². The lowest BCUT2D eigenvalue weighted by molar-refractivity contribution is -0.145. The largest absolute Gasteiger partial charge is 0.481 e. The number of carboxylic acid groups (broad SMARTS) is 1. The average Bonchev–Trinajstić information content (AvgIpc) is 1.51. The van der Waals surface area contributed by atoms with Crippen LogP contribution in [-0.4, -0.2) is 43.1 Å². The van der Waals surface area contributed by atoms with Gasteiger partial charge >= 0.3 is 5.97 Å². The molecule has 0 saturated carbocycles. The fourth-order valence-corrected chi connectivity index (χ4v) is 1.77. The van der Waals surface area contributed by atoms with Gasteiger partial charge in [0, 0.05) is 13.1 Å². The first-order valence-corrected chi connectivity index (χ1v) is 4.94. The Morgan fingerprint density at radius 2 is 2.00 bits per heavy atom. The molecule has 0 aromatic carbocycles. The summed E-state index contributed by atoms with van der Waals surface area (Å²) >= 11 is 0. The molecule has 1 saturated heterocycles. The quantitative estimate of drug-likeness (QED) is 0.587. The van der Waals surface area contributed by atoms with Crippen LogP contribution in [0.15, 0.2) is 0 Å². The highest BCUT2D eigenvalue weighted by molar-refractivity contribution is 7.88. The molecule has 5 nitrogen and oxygen atoms in total. The van der Waals surface area contributed by atoms with Gasteiger partial charge in [-0.15, -0.1) is 0 Å². The molecule has 0 aliphatic carbocycles. The third kappa shape index (κ3) is 1.69. The van der Waals surface area contributed by atoms with Gasteiger partial charge in [-0.1, -0.05) is 0 Å². The molecule has 0 bridgehead atoms. The van der Waals surface area contributed by atoms with Crippen molar-refractivity contribution in [2.45, 2.75) is 0 Å². The highest BCUT2D eigenvalue weighted by atomic mass is 32.2. The summed E-state index contributed by atoms with van der Waals surface area (Å²) in [6.45, 7) is 0.238. The van der Waals surface area contributed by atoms with Crippen LogP contribution in [0, 0.1) is 5.92 Å². The molecule has 0 atom stereocenters. The highest BCUT2D eigenvalue weighted by Crippen LogP contribution is 2.18. The second kappa shape index (κ2) is 2.46. The van der Waals surface area contributed by atoms with E-state index in [1.54, 1.807) is 0 Å². The molecule has 1 aliphatic rings. The Hall–Kier alpha value is -0.620. The average molecular weight is 179 g/mol. The Kier molecular flexibility index (Phi) is 1.89. The summed E-state index contributed by atoms with van der Waals surface area (Å²) in [5.74, 6) is -1.44. The summed E-state index contributed by atoms with van der Waals surface area (Å²) in [7, 11) is -3.16. The van der Waals surface area contributed by atoms with Crippen LogP contribution in [0.4, 0.5) is 0 Å². The first-order valence-electron chi connectivity index (χ1n) is 3.09. The zero-order chi connectivity index (χ0) is 8.65. The van der Waals surface area contributed by atoms with E-state index < -0.39 is 21.9 Å². The number of hydrogen-bond acceptors (Lipinski definition) is 3. The molecular weight excluding hydrogens is 170 g/mol. The predicted octanol–water partition coefficient (Wildman–Crippen LogP) is -1.04. The van der Waals surface area contributed by atoms with Gasteiger partial charge in [-0.2, -0.15) is 0 Å². The van der Waals surface area contributed by atoms with Crippen molar-refractivity contribution in [2.24, 2.45) is 5.92 Å². The summed E-state index contributed by atoms with van der Waals surface area (Å²) < 4.78 is 22.6. The van der Waals surface area contributed by atoms with Gasteiger partial charge in [0.15, 0.2) is 0 Å². The van der Waals surface area contributed by atoms with E-state index in [1.807, 2.05) is 0 Å². The van der Waals surface area contributed by atoms with E-state index in [-0.39, 0.29) is 13.1 Å². The molecule has 0 radical (unpaired) electrons. The Morgan fingerprint density at radius 3 is 2.27 bits per heavy atom. The van der Waals surface area contributed by atoms with Crippen LogP contribution in [0.25, 0.3) is 0 Å². The zero-order valence-corrected chi connectivity index (χ0v) is 6.84. The van der Waals surface area contributed by atoms with E-state index in [9.17, 15) is 13.2 Å². The molecule has 6 heteroatoms. The van der Waals surface area contributed by atoms with E-state index >= 15 is 0 Å². The van der Waals surface area contributed by atoms with E-state index in [0.717, 1.165) is 10.6 Å². The van der Waals surface area contributed by atoms with Gasteiger partial charge < -0.3 is 5.11 Å². The molecule has 0 unspecified atom stereocenters. The highest BCUT2D eigenvalue weighted by Gasteiger charge is 2.37. The first-order chi connectivity index (χ1) is 4.91. The molecule has 0 aromatic heterocycles. The number of carbonyl (C=O) groups is 1. The molecule has 1 fully saturated rings. The van der Waals surface area contributed by atoms with Crippen LogP contribution in [0.1, 0.15) is 0 Å². The number of sulfonamides is 1. The van der Waals surface area contributed by atoms with Crippen molar-refractivity contribution in [3.05, 3.63) is 0 Å². The fourth-order valence-electron chi connectivity index (χ4n) is 0.865. The van der Waals surface area contributed by atoms with Gasteiger partial charge in [-0.25, -0.2) is 12.7 Å². The SMILES string of the molecule is CS(=O)(=O)N1CC(C(=O)O)C1. The van der Waals surface area contributed by atoms with Crippen molar-refractivity contribution in [3.8, 4) is 0 Å². The molecule has 1 heterocycles. The van der Waals surface area contributed by atoms with Crippen molar-refractivity contribution >= 4 is 16.0 Å². The number of nitrogens with zero attached hydrogens (tertiary/aromatic N) is 1. The van der Waals surface area contributed by atoms with Gasteiger partial charge in [-0.3, -0.25) is 4.79 Å². The zero-order valence-electron chi connectivity index (χ0n) is 6.02. The summed E-state index contributed by atoms with van der Waals surface area (Å²) in [5.41, 5.74) is 0. The number of aliphatic carboxylic acids is 1. The second-order valence-electron chi connectivity index (χ2n) is 2.62. The molecule has 0 spiro atoms. The lowest BCUT2D eigenvalue weighted by Crippen LogP contribution is -2.52. The maximum atomic E-state index is 10.7. The Balaban J connectivity index is 2.48. The van der Waals surface area contributed by atoms with Gasteiger partial charge in [0.2, 0.25) is 10.0 Å². The van der Waals surface area contributed by atoms with Crippen LogP contribution < -0.4 is 0 Å². The second-order valence-corrected chi connectivity index (χ2v) is 4.60. The van der Waals surface area contributed by atoms with Crippen molar-refractivity contribution in [3.63, 3.8) is 0 Å². The maximum Gasteiger partial charge on any atom is 0.309 e. The topological polar surface area (TPSA) is 74.7 Å². The summed E-state index contributed by atoms with van der Waals surface area (Å²) in [6.07, 6.45) is 1.07. The van der Waals surface area contributed by atoms with Crippen LogP contribution >= 0.6 is 0 Å². The van der Waals surface area contributed by atoms with Gasteiger partial charge in [0.25, 0.3) is 0 Å². The van der Waals surface area contributed by atoms with Gasteiger partial charge in [0.05, 0.1) is 12.2 Å². The first kappa shape index (κ1) is 8.48. The maximum absolute atomic E-state index is 10.7. The normalized spacial score (nSPS) is 21.2. The third-order valence-electron chi connectivity index (χ3n) is 1.67. The van der Waals surface area contributed by atoms with E-state index in [1.165, 1.54) is 0 Å². The predicted molar refractivity (Wildman–Crippen MR) is 37.5 cm³/mol. The summed E-state index contributed by atoms with van der Waals surface area (Å²) in [6, 6.07) is 0. The van der Waals surface area contributed by atoms with Crippen LogP contribution in [0.3, 0.4) is 0 Å². The van der Waals surface area contributed by atoms with Crippen LogP contribution in [0.2, 0.25) is 0 Å². The Bertz CT molecular complexity index is 264. The van der Waals surface area contributed by atoms with Crippen molar-refractivity contribution in [2.75, 3.05) is 19.3 Å². The van der Waals surface area contributed by atoms with E-state index in [0.29, 0.717) is 0 Å². The molecular formula is C5H9NO4S. The summed E-state index contributed by atoms with van der Waals surface area (Å²) in [5, 5.41) is 8.40. The van der Waals surface area contributed by atoms with Crippen LogP contribution in [-0.2, 0) is 14.8 Å². The monoisotopic (exact) mass is 179 g/mol. The van der Waals surface area contributed by atoms with Crippen LogP contribution in [0.5, 0.6) is 0 Å². The molecule has 0 amide bonds. The minimum absolute atomic E-state index is 0.119. The smallest absolute Gasteiger partial charge is 0.309 e. The molecule has 11 heavy (non-hydrogen) atoms. The number of hydrogen-bond donors (Lipinski definition) is 1. The molecule has 1 aliphatic heterocycles. The standard InChI is InChI=1S/C5H9NO4S/c1-11(9,10)6-2-4(3-6)5(7)8/h4H,2-3H2,1H3,(H,7,8). The molecule has 0 aromatic rings. The number of carboxylic acids is 1. The molecule has 64 valence electrons. The number of rotatable bonds is 2. The van der Waals surface area contributed by atoms with Crippen molar-refractivity contribution in [1.82, 2.24) is 4.31 Å². The Labute approximate surface area is 64.7 Å². The van der Waals surface area contributed by atoms with Gasteiger partial charge in [-0.05, 0) is 0 Å². The van der Waals surface area contributed by atoms with E-state index in [4.69, 9.17) is 5.11 Å². The third-order valence-corrected chi connectivity index (χ3v) is 2.90. The van der Waals surface area contributed by atoms with Crippen molar-refractivity contribution in [1.29, 1.82) is 0 Å². The minimum atomic E-state index is -3.16. The molecule has 1 N–H and O–H groups in total. The fraction of sp³-hybridized carbons (Fsp3) is 0.800. The lowest BCUT2D eigenvalue weighted by atomic mass is 10.0. The molecule has 1 rings (SSSR count). The van der Waals surface area contributed by atoms with E-state index in [2.05, 4.69) is 0 Å². The minimum Gasteiger partial charge on any atom is -0.481 e. The lowest BCUT2D eigenvalue weighted by Gasteiger charge is -2.34. The summed E-state index contributed by atoms with van der Waals surface area (Å²) in [4.78, 5) is 10.2.